The number of hydrogen-bond acceptors (Lipinski definition) is 6. The summed E-state index contributed by atoms with van der Waals surface area (Å²) in [7, 11) is 0. The topological polar surface area (TPSA) is 84.7 Å². The van der Waals surface area contributed by atoms with Crippen LogP contribution in [0.3, 0.4) is 0 Å². The number of hydrogen-bond donors (Lipinski definition) is 0. The van der Waals surface area contributed by atoms with Gasteiger partial charge in [0.15, 0.2) is 0 Å². The Balaban J connectivity index is 1.25. The van der Waals surface area contributed by atoms with Gasteiger partial charge in [0, 0.05) is 18.3 Å². The van der Waals surface area contributed by atoms with E-state index in [-0.39, 0.29) is 36.5 Å². The minimum atomic E-state index is -0.464. The van der Waals surface area contributed by atoms with Crippen LogP contribution in [0.25, 0.3) is 0 Å². The average molecular weight is 428 g/mol. The fourth-order valence-electron chi connectivity index (χ4n) is 5.14. The molecule has 1 aromatic heterocycles. The third-order valence-corrected chi connectivity index (χ3v) is 6.47. The summed E-state index contributed by atoms with van der Waals surface area (Å²) in [5.41, 5.74) is 0.0153. The Morgan fingerprint density at radius 3 is 2.32 bits per heavy atom. The Morgan fingerprint density at radius 1 is 1.06 bits per heavy atom. The number of nitriles is 1. The van der Waals surface area contributed by atoms with Gasteiger partial charge in [0.2, 0.25) is 5.88 Å². The van der Waals surface area contributed by atoms with Crippen molar-refractivity contribution in [1.29, 1.82) is 5.26 Å². The lowest BCUT2D eigenvalue weighted by atomic mass is 9.93. The molecule has 0 N–H and O–H groups in total. The lowest BCUT2D eigenvalue weighted by molar-refractivity contribution is -0.0814. The predicted molar refractivity (Wildman–Crippen MR) is 115 cm³/mol. The Labute approximate surface area is 184 Å². The third kappa shape index (κ3) is 5.30. The van der Waals surface area contributed by atoms with E-state index in [2.05, 4.69) is 11.1 Å². The van der Waals surface area contributed by atoms with Crippen molar-refractivity contribution in [3.05, 3.63) is 23.9 Å². The van der Waals surface area contributed by atoms with E-state index < -0.39 is 5.60 Å². The van der Waals surface area contributed by atoms with Crippen LogP contribution in [0.4, 0.5) is 4.79 Å². The van der Waals surface area contributed by atoms with E-state index in [1.807, 2.05) is 25.7 Å². The van der Waals surface area contributed by atoms with Crippen LogP contribution in [0.2, 0.25) is 0 Å². The normalized spacial score (nSPS) is 30.5. The quantitative estimate of drug-likeness (QED) is 0.699. The molecule has 3 heterocycles. The summed E-state index contributed by atoms with van der Waals surface area (Å²) >= 11 is 0. The van der Waals surface area contributed by atoms with Gasteiger partial charge in [-0.25, -0.2) is 9.78 Å². The Bertz CT molecular complexity index is 809. The number of carbonyl (C=O) groups excluding carboxylic acids is 1. The van der Waals surface area contributed by atoms with Crippen LogP contribution in [0.5, 0.6) is 5.88 Å². The Hall–Kier alpha value is -2.33. The maximum absolute atomic E-state index is 12.6. The van der Waals surface area contributed by atoms with Crippen LogP contribution in [-0.4, -0.2) is 52.0 Å². The van der Waals surface area contributed by atoms with Gasteiger partial charge in [-0.3, -0.25) is 0 Å². The second kappa shape index (κ2) is 9.04. The molecule has 1 aromatic rings. The summed E-state index contributed by atoms with van der Waals surface area (Å²) in [4.78, 5) is 18.8. The van der Waals surface area contributed by atoms with Crippen LogP contribution in [-0.2, 0) is 9.47 Å². The molecule has 2 atom stereocenters. The smallest absolute Gasteiger partial charge is 0.410 e. The van der Waals surface area contributed by atoms with Gasteiger partial charge < -0.3 is 19.1 Å². The molecular weight excluding hydrogens is 394 g/mol. The number of aromatic nitrogens is 1. The summed E-state index contributed by atoms with van der Waals surface area (Å²) in [5, 5.41) is 9.21. The van der Waals surface area contributed by atoms with Crippen molar-refractivity contribution < 1.29 is 19.0 Å². The number of nitrogens with zero attached hydrogens (tertiary/aromatic N) is 3. The molecule has 1 saturated carbocycles. The summed E-state index contributed by atoms with van der Waals surface area (Å²) < 4.78 is 18.1. The molecule has 3 aliphatic rings. The number of ether oxygens (including phenoxy) is 3. The van der Waals surface area contributed by atoms with Gasteiger partial charge in [-0.1, -0.05) is 0 Å². The molecule has 2 saturated heterocycles. The number of fused-ring (bicyclic) bond motifs is 2. The summed E-state index contributed by atoms with van der Waals surface area (Å²) in [6.07, 6.45) is 9.55. The first-order valence-electron chi connectivity index (χ1n) is 11.5. The zero-order chi connectivity index (χ0) is 22.0. The van der Waals surface area contributed by atoms with E-state index in [1.165, 1.54) is 0 Å². The molecule has 3 fully saturated rings. The summed E-state index contributed by atoms with van der Waals surface area (Å²) in [6.45, 7) is 5.74. The zero-order valence-corrected chi connectivity index (χ0v) is 18.8. The number of piperidine rings is 1. The highest BCUT2D eigenvalue weighted by Crippen LogP contribution is 2.39. The first kappa shape index (κ1) is 21.9. The van der Waals surface area contributed by atoms with Gasteiger partial charge in [0.1, 0.15) is 23.3 Å². The Morgan fingerprint density at radius 2 is 1.71 bits per heavy atom. The van der Waals surface area contributed by atoms with Gasteiger partial charge in [-0.05, 0) is 84.3 Å². The molecular formula is C24H33N3O4. The monoisotopic (exact) mass is 427 g/mol. The van der Waals surface area contributed by atoms with Crippen molar-refractivity contribution in [2.45, 2.75) is 108 Å². The molecule has 168 valence electrons. The van der Waals surface area contributed by atoms with Gasteiger partial charge in [-0.2, -0.15) is 5.26 Å². The molecule has 0 aromatic carbocycles. The maximum Gasteiger partial charge on any atom is 0.410 e. The van der Waals surface area contributed by atoms with Crippen LogP contribution < -0.4 is 4.74 Å². The van der Waals surface area contributed by atoms with Crippen LogP contribution in [0.15, 0.2) is 18.3 Å². The van der Waals surface area contributed by atoms with Crippen molar-refractivity contribution in [3.8, 4) is 11.9 Å². The number of carbonyl (C=O) groups is 1. The lowest BCUT2D eigenvalue weighted by Gasteiger charge is -2.41. The van der Waals surface area contributed by atoms with Crippen LogP contribution in [0.1, 0.15) is 77.7 Å². The highest BCUT2D eigenvalue weighted by Gasteiger charge is 2.45. The highest BCUT2D eigenvalue weighted by atomic mass is 16.6. The molecule has 2 aliphatic heterocycles. The fraction of sp³-hybridized carbons (Fsp3) is 0.708. The van der Waals surface area contributed by atoms with Crippen molar-refractivity contribution in [2.75, 3.05) is 0 Å². The number of amides is 1. The second-order valence-electron chi connectivity index (χ2n) is 9.99. The standard InChI is InChI=1S/C24H33N3O4/c1-24(2,3)31-23(28)27-17-6-7-18(27)14-21(13-17)29-19-8-10-20(11-9-19)30-22-16(15-25)5-4-12-26-22/h4-5,12,17-21H,6-11,13-14H2,1-3H3/t17-,18-,19?,20?/m0/s1. The van der Waals surface area contributed by atoms with Crippen molar-refractivity contribution in [2.24, 2.45) is 0 Å². The first-order chi connectivity index (χ1) is 14.8. The lowest BCUT2D eigenvalue weighted by Crippen LogP contribution is -2.50. The summed E-state index contributed by atoms with van der Waals surface area (Å²) in [5.74, 6) is 0.431. The third-order valence-electron chi connectivity index (χ3n) is 6.47. The van der Waals surface area contributed by atoms with Crippen molar-refractivity contribution in [3.63, 3.8) is 0 Å². The predicted octanol–water partition coefficient (Wildman–Crippen LogP) is 4.59. The summed E-state index contributed by atoms with van der Waals surface area (Å²) in [6, 6.07) is 6.07. The van der Waals surface area contributed by atoms with E-state index in [0.29, 0.717) is 11.4 Å². The zero-order valence-electron chi connectivity index (χ0n) is 18.8. The van der Waals surface area contributed by atoms with Gasteiger partial charge in [-0.15, -0.1) is 0 Å². The van der Waals surface area contributed by atoms with Gasteiger partial charge in [0.05, 0.1) is 12.2 Å². The van der Waals surface area contributed by atoms with Crippen molar-refractivity contribution >= 4 is 6.09 Å². The van der Waals surface area contributed by atoms with E-state index in [0.717, 1.165) is 51.4 Å². The minimum Gasteiger partial charge on any atom is -0.473 e. The molecule has 2 bridgehead atoms. The molecule has 7 heteroatoms. The van der Waals surface area contributed by atoms with E-state index >= 15 is 0 Å². The molecule has 1 amide bonds. The minimum absolute atomic E-state index is 0.0760. The van der Waals surface area contributed by atoms with E-state index in [1.54, 1.807) is 18.3 Å². The van der Waals surface area contributed by atoms with Crippen LogP contribution >= 0.6 is 0 Å². The molecule has 1 aliphatic carbocycles. The van der Waals surface area contributed by atoms with Gasteiger partial charge >= 0.3 is 6.09 Å². The van der Waals surface area contributed by atoms with E-state index in [4.69, 9.17) is 14.2 Å². The van der Waals surface area contributed by atoms with Crippen LogP contribution in [0, 0.1) is 11.3 Å². The number of rotatable bonds is 4. The van der Waals surface area contributed by atoms with E-state index in [9.17, 15) is 10.1 Å². The Kier molecular flexibility index (Phi) is 6.38. The molecule has 4 rings (SSSR count). The maximum atomic E-state index is 12.6. The average Bonchev–Trinajstić information content (AvgIpc) is 3.00. The second-order valence-corrected chi connectivity index (χ2v) is 9.99. The SMILES string of the molecule is CC(C)(C)OC(=O)N1[C@H]2CC[C@H]1CC(OC1CCC(Oc3ncccc3C#N)CC1)C2. The number of pyridine rings is 1. The highest BCUT2D eigenvalue weighted by molar-refractivity contribution is 5.69. The largest absolute Gasteiger partial charge is 0.473 e. The molecule has 0 unspecified atom stereocenters. The molecule has 0 radical (unpaired) electrons. The molecule has 31 heavy (non-hydrogen) atoms. The first-order valence-corrected chi connectivity index (χ1v) is 11.5. The fourth-order valence-corrected chi connectivity index (χ4v) is 5.14. The van der Waals surface area contributed by atoms with Crippen molar-refractivity contribution in [1.82, 2.24) is 9.88 Å². The molecule has 7 nitrogen and oxygen atoms in total. The molecule has 0 spiro atoms. The van der Waals surface area contributed by atoms with Gasteiger partial charge in [0.25, 0.3) is 0 Å².